The first kappa shape index (κ1) is 61.5. The lowest BCUT2D eigenvalue weighted by atomic mass is 10.0. The fourth-order valence-corrected chi connectivity index (χ4v) is 10.8. The Labute approximate surface area is 514 Å². The number of methoxy groups -OCH3 is 3. The molecule has 5 aliphatic heterocycles. The number of hydrogen-bond donors (Lipinski definition) is 3. The summed E-state index contributed by atoms with van der Waals surface area (Å²) in [7, 11) is 4.64. The average Bonchev–Trinajstić information content (AvgIpc) is 1.88. The lowest BCUT2D eigenvalue weighted by molar-refractivity contribution is -0.138. The van der Waals surface area contributed by atoms with Crippen molar-refractivity contribution in [2.24, 2.45) is 15.9 Å². The fourth-order valence-electron chi connectivity index (χ4n) is 10.8. The monoisotopic (exact) mass is 1210 g/mol. The van der Waals surface area contributed by atoms with Crippen LogP contribution in [0.5, 0.6) is 34.5 Å². The zero-order chi connectivity index (χ0) is 62.9. The van der Waals surface area contributed by atoms with Gasteiger partial charge in [0.15, 0.2) is 28.8 Å². The maximum Gasteiger partial charge on any atom is 0.296 e. The minimum absolute atomic E-state index is 0.100. The van der Waals surface area contributed by atoms with Crippen molar-refractivity contribution in [3.63, 3.8) is 0 Å². The van der Waals surface area contributed by atoms with Crippen LogP contribution in [0, 0.1) is 17.2 Å². The summed E-state index contributed by atoms with van der Waals surface area (Å²) in [5.41, 5.74) is 6.29. The number of hydrogen-bond acceptors (Lipinski definition) is 16. The first-order valence-corrected chi connectivity index (χ1v) is 29.3. The number of anilines is 1. The van der Waals surface area contributed by atoms with Crippen molar-refractivity contribution in [2.45, 2.75) is 89.9 Å². The van der Waals surface area contributed by atoms with E-state index in [4.69, 9.17) is 43.7 Å². The van der Waals surface area contributed by atoms with Gasteiger partial charge in [-0.3, -0.25) is 48.4 Å². The molecule has 5 heterocycles. The second kappa shape index (κ2) is 27.4. The fraction of sp³-hybridized carbons (Fsp3) is 0.313. The molecule has 0 bridgehead atoms. The maximum atomic E-state index is 14.2. The molecule has 0 saturated heterocycles. The number of carbonyl (C=O) groups excluding carboxylic acids is 7. The Balaban J connectivity index is 0.659. The number of imide groups is 1. The van der Waals surface area contributed by atoms with Gasteiger partial charge in [-0.25, -0.2) is 0 Å². The van der Waals surface area contributed by atoms with Crippen LogP contribution in [0.3, 0.4) is 0 Å². The molecular weight excluding hydrogens is 1140 g/mol. The van der Waals surface area contributed by atoms with E-state index in [1.54, 1.807) is 105 Å². The van der Waals surface area contributed by atoms with E-state index in [0.29, 0.717) is 101 Å². The molecule has 0 radical (unpaired) electrons. The molecule has 4 atom stereocenters. The Kier molecular flexibility index (Phi) is 19.0. The van der Waals surface area contributed by atoms with Crippen LogP contribution in [0.15, 0.2) is 131 Å². The van der Waals surface area contributed by atoms with Crippen LogP contribution in [0.2, 0.25) is 0 Å². The molecule has 0 aromatic heterocycles. The number of carbonyl (C=O) groups is 7. The zero-order valence-electron chi connectivity index (χ0n) is 50.1. The van der Waals surface area contributed by atoms with Gasteiger partial charge in [-0.15, -0.1) is 0 Å². The third kappa shape index (κ3) is 14.0. The second-order valence-electron chi connectivity index (χ2n) is 22.1. The Hall–Kier alpha value is -10.6. The molecule has 0 unspecified atom stereocenters. The van der Waals surface area contributed by atoms with Crippen LogP contribution in [0.4, 0.5) is 17.1 Å². The van der Waals surface area contributed by atoms with Crippen molar-refractivity contribution >= 4 is 82.0 Å². The number of unbranched alkanes of at least 4 members (excludes halogenated alkanes) is 2. The predicted molar refractivity (Wildman–Crippen MR) is 330 cm³/mol. The van der Waals surface area contributed by atoms with Gasteiger partial charge in [0, 0.05) is 74.9 Å². The molecule has 22 nitrogen and oxygen atoms in total. The molecule has 5 aromatic carbocycles. The van der Waals surface area contributed by atoms with Gasteiger partial charge in [0.2, 0.25) is 17.7 Å². The molecule has 22 heteroatoms. The molecule has 3 N–H and O–H groups in total. The first-order chi connectivity index (χ1) is 43.0. The number of nitrogens with one attached hydrogen (secondary N) is 3. The average molecular weight is 1210 g/mol. The van der Waals surface area contributed by atoms with Crippen LogP contribution in [-0.4, -0.2) is 134 Å². The van der Waals surface area contributed by atoms with Crippen LogP contribution < -0.4 is 44.4 Å². The molecule has 5 aromatic rings. The van der Waals surface area contributed by atoms with Gasteiger partial charge in [-0.05, 0) is 109 Å². The summed E-state index contributed by atoms with van der Waals surface area (Å²) in [5, 5.41) is 17.3. The van der Waals surface area contributed by atoms with Crippen molar-refractivity contribution in [3.8, 4) is 40.6 Å². The van der Waals surface area contributed by atoms with Crippen molar-refractivity contribution in [1.82, 2.24) is 25.3 Å². The minimum atomic E-state index is -0.958. The van der Waals surface area contributed by atoms with E-state index in [1.807, 2.05) is 48.7 Å². The largest absolute Gasteiger partial charge is 0.497 e. The van der Waals surface area contributed by atoms with Crippen LogP contribution in [0.1, 0.15) is 103 Å². The predicted octanol–water partition coefficient (Wildman–Crippen LogP) is 8.85. The van der Waals surface area contributed by atoms with Crippen LogP contribution in [-0.2, 0) is 24.0 Å². The first-order valence-electron chi connectivity index (χ1n) is 29.3. The minimum Gasteiger partial charge on any atom is -0.497 e. The number of amides is 7. The number of ether oxygens (including phenoxy) is 6. The Morgan fingerprint density at radius 3 is 1.71 bits per heavy atom. The molecule has 0 saturated carbocycles. The van der Waals surface area contributed by atoms with E-state index in [2.05, 4.69) is 16.0 Å². The van der Waals surface area contributed by atoms with Crippen LogP contribution in [0.25, 0.3) is 11.1 Å². The smallest absolute Gasteiger partial charge is 0.296 e. The quantitative estimate of drug-likeness (QED) is 0.0364. The number of rotatable bonds is 25. The molecule has 0 fully saturated rings. The van der Waals surface area contributed by atoms with Crippen molar-refractivity contribution in [2.75, 3.05) is 46.4 Å². The number of aliphatic imine (C=N–C) groups is 2. The van der Waals surface area contributed by atoms with Crippen molar-refractivity contribution in [3.05, 3.63) is 149 Å². The highest BCUT2D eigenvalue weighted by molar-refractivity contribution is 6.15. The van der Waals surface area contributed by atoms with Crippen LogP contribution >= 0.6 is 0 Å². The third-order valence-corrected chi connectivity index (χ3v) is 15.7. The highest BCUT2D eigenvalue weighted by Gasteiger charge is 2.37. The van der Waals surface area contributed by atoms with Gasteiger partial charge >= 0.3 is 0 Å². The molecule has 89 heavy (non-hydrogen) atoms. The SMILES string of the molecule is COc1ccc(C2=CN3C(=O)c4cc(OC)c(OCCCOc5cc6c(cc5OC)C(=O)N5C=C(c7ccc(NC(=O)[C@@H](C)NC(=O)[C@H](NC(=O)CCCCCN8C(=O)C=C(Oc9ccc(C#N)cc9)C8=O)C(C)C)cc7)C[C@H]5C=N6)cc4N=C[C@@H]3C2)cc1. The van der Waals surface area contributed by atoms with Crippen molar-refractivity contribution in [1.29, 1.82) is 5.26 Å². The molecular formula is C67H67N9O13. The molecule has 458 valence electrons. The third-order valence-electron chi connectivity index (χ3n) is 15.7. The maximum absolute atomic E-state index is 14.2. The zero-order valence-corrected chi connectivity index (χ0v) is 50.1. The van der Waals surface area contributed by atoms with Gasteiger partial charge in [0.25, 0.3) is 23.6 Å². The Morgan fingerprint density at radius 2 is 1.18 bits per heavy atom. The van der Waals surface area contributed by atoms with Gasteiger partial charge < -0.3 is 54.2 Å². The Bertz CT molecular complexity index is 3790. The lowest BCUT2D eigenvalue weighted by Crippen LogP contribution is -2.53. The number of fused-ring (bicyclic) bond motifs is 4. The summed E-state index contributed by atoms with van der Waals surface area (Å²) < 4.78 is 34.6. The highest BCUT2D eigenvalue weighted by Crippen LogP contribution is 2.42. The Morgan fingerprint density at radius 1 is 0.629 bits per heavy atom. The number of nitrogens with zero attached hydrogens (tertiary/aromatic N) is 6. The molecule has 0 spiro atoms. The molecule has 7 amide bonds. The lowest BCUT2D eigenvalue weighted by Gasteiger charge is -2.24. The van der Waals surface area contributed by atoms with Gasteiger partial charge in [-0.1, -0.05) is 44.5 Å². The summed E-state index contributed by atoms with van der Waals surface area (Å²) in [5.74, 6) is -0.640. The van der Waals surface area contributed by atoms with E-state index in [1.165, 1.54) is 26.4 Å². The van der Waals surface area contributed by atoms with E-state index in [9.17, 15) is 33.6 Å². The number of benzene rings is 5. The molecule has 0 aliphatic carbocycles. The normalized spacial score (nSPS) is 17.0. The summed E-state index contributed by atoms with van der Waals surface area (Å²) in [4.78, 5) is 107. The summed E-state index contributed by atoms with van der Waals surface area (Å²) in [6.07, 6.45) is 11.4. The van der Waals surface area contributed by atoms with Crippen molar-refractivity contribution < 1.29 is 62.0 Å². The van der Waals surface area contributed by atoms with E-state index in [-0.39, 0.29) is 67.7 Å². The van der Waals surface area contributed by atoms with E-state index < -0.39 is 35.7 Å². The van der Waals surface area contributed by atoms with E-state index >= 15 is 0 Å². The molecule has 10 rings (SSSR count). The van der Waals surface area contributed by atoms with Gasteiger partial charge in [-0.2, -0.15) is 5.26 Å². The summed E-state index contributed by atoms with van der Waals surface area (Å²) >= 11 is 0. The highest BCUT2D eigenvalue weighted by atomic mass is 16.5. The second-order valence-corrected chi connectivity index (χ2v) is 22.1. The van der Waals surface area contributed by atoms with Gasteiger partial charge in [0.1, 0.15) is 23.6 Å². The standard InChI is InChI=1S/C67H67N9O13/c1-39(2)62(73-60(77)11-8-7-9-24-74-61(78)33-59(67(74)83)89-50-20-12-41(34-68)13-21-50)64(80)71-40(3)63(79)72-46-18-14-42(15-19-46)44-27-47-35-69-53-31-57(55(85-5)29-51(53)65(81)75(47)37-44)87-25-10-26-88-58-32-54-52(30-56(58)86-6)66(82)76-38-45(28-48(76)36-70-54)43-16-22-49(84-4)23-17-43/h12-23,29-33,35-40,47-48,62H,7-11,24-28H2,1-6H3,(H,71,80)(H,72,79)(H,73,77)/t40-,47+,48+,62-/m1/s1. The summed E-state index contributed by atoms with van der Waals surface area (Å²) in [6.45, 7) is 5.73. The van der Waals surface area contributed by atoms with E-state index in [0.717, 1.165) is 39.0 Å². The molecule has 5 aliphatic rings. The summed E-state index contributed by atoms with van der Waals surface area (Å²) in [6, 6.07) is 27.2. The van der Waals surface area contributed by atoms with Gasteiger partial charge in [0.05, 0.1) is 86.8 Å². The topological polar surface area (TPSA) is 269 Å². The number of nitriles is 1.